The third-order valence-corrected chi connectivity index (χ3v) is 4.57. The van der Waals surface area contributed by atoms with Crippen LogP contribution in [-0.2, 0) is 6.42 Å². The largest absolute Gasteiger partial charge is 0.335 e. The SMILES string of the molecule is CCCc1nnsc1C(=O)N1CCN(C(C#N)CC)CC1. The molecule has 0 saturated carbocycles. The number of hydrogen-bond donors (Lipinski definition) is 0. The summed E-state index contributed by atoms with van der Waals surface area (Å²) in [6.07, 6.45) is 2.58. The number of piperazine rings is 1. The average molecular weight is 307 g/mol. The summed E-state index contributed by atoms with van der Waals surface area (Å²) >= 11 is 1.19. The predicted molar refractivity (Wildman–Crippen MR) is 81.1 cm³/mol. The lowest BCUT2D eigenvalue weighted by Gasteiger charge is -2.36. The number of aromatic nitrogens is 2. The topological polar surface area (TPSA) is 73.1 Å². The summed E-state index contributed by atoms with van der Waals surface area (Å²) in [5, 5.41) is 13.2. The molecule has 1 aliphatic rings. The molecule has 0 spiro atoms. The Morgan fingerprint density at radius 3 is 2.67 bits per heavy atom. The molecule has 1 aromatic heterocycles. The maximum Gasteiger partial charge on any atom is 0.267 e. The van der Waals surface area contributed by atoms with Crippen LogP contribution in [0.4, 0.5) is 0 Å². The molecule has 1 fully saturated rings. The van der Waals surface area contributed by atoms with Crippen molar-refractivity contribution in [3.63, 3.8) is 0 Å². The molecular formula is C14H21N5OS. The molecule has 2 heterocycles. The number of carbonyl (C=O) groups excluding carboxylic acids is 1. The first-order chi connectivity index (χ1) is 10.2. The number of nitrogens with zero attached hydrogens (tertiary/aromatic N) is 5. The van der Waals surface area contributed by atoms with Crippen LogP contribution in [0.25, 0.3) is 0 Å². The fourth-order valence-electron chi connectivity index (χ4n) is 2.58. The zero-order valence-corrected chi connectivity index (χ0v) is 13.4. The molecule has 0 N–H and O–H groups in total. The first kappa shape index (κ1) is 15.9. The summed E-state index contributed by atoms with van der Waals surface area (Å²) in [4.78, 5) is 17.2. The number of nitriles is 1. The second-order valence-corrected chi connectivity index (χ2v) is 5.93. The van der Waals surface area contributed by atoms with Crippen LogP contribution in [-0.4, -0.2) is 57.5 Å². The Morgan fingerprint density at radius 2 is 2.10 bits per heavy atom. The van der Waals surface area contributed by atoms with Gasteiger partial charge in [0.25, 0.3) is 5.91 Å². The van der Waals surface area contributed by atoms with Crippen LogP contribution in [0.3, 0.4) is 0 Å². The number of hydrogen-bond acceptors (Lipinski definition) is 6. The van der Waals surface area contributed by atoms with Crippen LogP contribution in [0.2, 0.25) is 0 Å². The molecule has 1 aliphatic heterocycles. The van der Waals surface area contributed by atoms with E-state index in [1.165, 1.54) is 11.5 Å². The summed E-state index contributed by atoms with van der Waals surface area (Å²) in [7, 11) is 0. The van der Waals surface area contributed by atoms with Gasteiger partial charge < -0.3 is 4.90 Å². The van der Waals surface area contributed by atoms with Crippen LogP contribution in [0.15, 0.2) is 0 Å². The van der Waals surface area contributed by atoms with Gasteiger partial charge in [0.05, 0.1) is 17.8 Å². The molecule has 21 heavy (non-hydrogen) atoms. The van der Waals surface area contributed by atoms with Gasteiger partial charge in [-0.15, -0.1) is 5.10 Å². The molecule has 2 rings (SSSR count). The Bertz CT molecular complexity index is 516. The molecule has 6 nitrogen and oxygen atoms in total. The molecule has 0 aliphatic carbocycles. The van der Waals surface area contributed by atoms with Crippen molar-refractivity contribution in [2.75, 3.05) is 26.2 Å². The summed E-state index contributed by atoms with van der Waals surface area (Å²) in [5.74, 6) is 0.0399. The van der Waals surface area contributed by atoms with E-state index < -0.39 is 0 Å². The van der Waals surface area contributed by atoms with Crippen molar-refractivity contribution in [3.8, 4) is 6.07 Å². The van der Waals surface area contributed by atoms with E-state index in [2.05, 4.69) is 27.5 Å². The van der Waals surface area contributed by atoms with E-state index in [9.17, 15) is 4.79 Å². The minimum Gasteiger partial charge on any atom is -0.335 e. The first-order valence-corrected chi connectivity index (χ1v) is 8.22. The van der Waals surface area contributed by atoms with Crippen LogP contribution in [0, 0.1) is 11.3 Å². The Balaban J connectivity index is 1.97. The third kappa shape index (κ3) is 3.57. The summed E-state index contributed by atoms with van der Waals surface area (Å²) in [6, 6.07) is 2.28. The van der Waals surface area contributed by atoms with Gasteiger partial charge in [-0.1, -0.05) is 24.8 Å². The molecular weight excluding hydrogens is 286 g/mol. The van der Waals surface area contributed by atoms with Gasteiger partial charge >= 0.3 is 0 Å². The van der Waals surface area contributed by atoms with E-state index in [1.807, 2.05) is 11.8 Å². The molecule has 1 saturated heterocycles. The van der Waals surface area contributed by atoms with Crippen LogP contribution in [0.1, 0.15) is 42.1 Å². The Hall–Kier alpha value is -1.52. The van der Waals surface area contributed by atoms with Crippen LogP contribution >= 0.6 is 11.5 Å². The van der Waals surface area contributed by atoms with Crippen LogP contribution < -0.4 is 0 Å². The van der Waals surface area contributed by atoms with E-state index in [-0.39, 0.29) is 11.9 Å². The number of aryl methyl sites for hydroxylation is 1. The second kappa shape index (κ2) is 7.48. The summed E-state index contributed by atoms with van der Waals surface area (Å²) in [5.41, 5.74) is 0.818. The zero-order chi connectivity index (χ0) is 15.2. The summed E-state index contributed by atoms with van der Waals surface area (Å²) < 4.78 is 3.92. The highest BCUT2D eigenvalue weighted by Gasteiger charge is 2.28. The smallest absolute Gasteiger partial charge is 0.267 e. The molecule has 1 aromatic rings. The van der Waals surface area contributed by atoms with Crippen molar-refractivity contribution in [3.05, 3.63) is 10.6 Å². The monoisotopic (exact) mass is 307 g/mol. The van der Waals surface area contributed by atoms with E-state index in [1.54, 1.807) is 0 Å². The van der Waals surface area contributed by atoms with Crippen molar-refractivity contribution < 1.29 is 4.79 Å². The van der Waals surface area contributed by atoms with Gasteiger partial charge in [-0.05, 0) is 24.4 Å². The Kier molecular flexibility index (Phi) is 5.65. The normalized spacial score (nSPS) is 17.5. The van der Waals surface area contributed by atoms with Crippen molar-refractivity contribution >= 4 is 17.4 Å². The molecule has 1 atom stereocenters. The third-order valence-electron chi connectivity index (χ3n) is 3.81. The fourth-order valence-corrected chi connectivity index (χ4v) is 3.26. The zero-order valence-electron chi connectivity index (χ0n) is 12.6. The van der Waals surface area contributed by atoms with Gasteiger partial charge in [-0.25, -0.2) is 0 Å². The lowest BCUT2D eigenvalue weighted by molar-refractivity contribution is 0.0608. The van der Waals surface area contributed by atoms with Gasteiger partial charge in [0, 0.05) is 26.2 Å². The highest BCUT2D eigenvalue weighted by molar-refractivity contribution is 7.08. The van der Waals surface area contributed by atoms with Gasteiger partial charge in [0.2, 0.25) is 0 Å². The summed E-state index contributed by atoms with van der Waals surface area (Å²) in [6.45, 7) is 6.94. The lowest BCUT2D eigenvalue weighted by atomic mass is 10.1. The highest BCUT2D eigenvalue weighted by Crippen LogP contribution is 2.17. The van der Waals surface area contributed by atoms with E-state index in [0.717, 1.165) is 38.0 Å². The van der Waals surface area contributed by atoms with E-state index in [4.69, 9.17) is 5.26 Å². The standard InChI is InChI=1S/C14H21N5OS/c1-3-5-12-13(21-17-16-12)14(20)19-8-6-18(7-9-19)11(4-2)10-15/h11H,3-9H2,1-2H3. The molecule has 0 bridgehead atoms. The average Bonchev–Trinajstić information content (AvgIpc) is 2.97. The van der Waals surface area contributed by atoms with Gasteiger partial charge in [-0.3, -0.25) is 9.69 Å². The van der Waals surface area contributed by atoms with Crippen molar-refractivity contribution in [1.82, 2.24) is 19.4 Å². The fraction of sp³-hybridized carbons (Fsp3) is 0.714. The van der Waals surface area contributed by atoms with E-state index >= 15 is 0 Å². The van der Waals surface area contributed by atoms with E-state index in [0.29, 0.717) is 18.0 Å². The first-order valence-electron chi connectivity index (χ1n) is 7.45. The molecule has 1 amide bonds. The number of carbonyl (C=O) groups is 1. The minimum absolute atomic E-state index is 0.0389. The van der Waals surface area contributed by atoms with Gasteiger partial charge in [0.1, 0.15) is 4.88 Å². The van der Waals surface area contributed by atoms with Crippen molar-refractivity contribution in [2.45, 2.75) is 39.2 Å². The second-order valence-electron chi connectivity index (χ2n) is 5.18. The maximum atomic E-state index is 12.5. The number of amides is 1. The molecule has 1 unspecified atom stereocenters. The molecule has 114 valence electrons. The Morgan fingerprint density at radius 1 is 1.38 bits per heavy atom. The lowest BCUT2D eigenvalue weighted by Crippen LogP contribution is -2.51. The minimum atomic E-state index is -0.0389. The molecule has 0 radical (unpaired) electrons. The Labute approximate surface area is 129 Å². The quantitative estimate of drug-likeness (QED) is 0.825. The molecule has 0 aromatic carbocycles. The predicted octanol–water partition coefficient (Wildman–Crippen LogP) is 1.55. The highest BCUT2D eigenvalue weighted by atomic mass is 32.1. The van der Waals surface area contributed by atoms with Crippen LogP contribution in [0.5, 0.6) is 0 Å². The van der Waals surface area contributed by atoms with Gasteiger partial charge in [0.15, 0.2) is 0 Å². The van der Waals surface area contributed by atoms with Crippen molar-refractivity contribution in [2.24, 2.45) is 0 Å². The maximum absolute atomic E-state index is 12.5. The number of rotatable bonds is 5. The van der Waals surface area contributed by atoms with Gasteiger partial charge in [-0.2, -0.15) is 5.26 Å². The molecule has 7 heteroatoms. The van der Waals surface area contributed by atoms with Crippen molar-refractivity contribution in [1.29, 1.82) is 5.26 Å².